The van der Waals surface area contributed by atoms with E-state index in [4.69, 9.17) is 0 Å². The standard InChI is InChI=1S/C64H47NS/c1-43-55-21-11-12-22-57(55)59-39-51(33-38-56(43)59)47-27-25-44(26-28-47)42-65(53-34-29-46(30-35-53)45-15-5-2-6-16-45)54-36-31-48(32-37-54)52-40-60(64-58-23-13-14-24-61(58)66-62(64)41-52)63(49-17-7-3-8-18-49)50-19-9-4-10-20-50/h2-41,43,63H,42H2,1H3. The third kappa shape index (κ3) is 7.30. The highest BCUT2D eigenvalue weighted by Crippen LogP contribution is 2.47. The van der Waals surface area contributed by atoms with Crippen molar-refractivity contribution in [2.45, 2.75) is 25.3 Å². The van der Waals surface area contributed by atoms with E-state index in [0.29, 0.717) is 5.92 Å². The van der Waals surface area contributed by atoms with E-state index in [1.54, 1.807) is 0 Å². The van der Waals surface area contributed by atoms with Crippen molar-refractivity contribution in [2.24, 2.45) is 0 Å². The lowest BCUT2D eigenvalue weighted by atomic mass is 9.82. The molecule has 10 aromatic carbocycles. The van der Waals surface area contributed by atoms with Gasteiger partial charge < -0.3 is 4.90 Å². The smallest absolute Gasteiger partial charge is 0.0481 e. The van der Waals surface area contributed by atoms with Gasteiger partial charge in [-0.1, -0.05) is 201 Å². The Morgan fingerprint density at radius 3 is 1.61 bits per heavy atom. The van der Waals surface area contributed by atoms with Crippen LogP contribution >= 0.6 is 11.3 Å². The van der Waals surface area contributed by atoms with E-state index in [2.05, 4.69) is 254 Å². The maximum atomic E-state index is 2.46. The molecule has 0 saturated heterocycles. The molecule has 0 saturated carbocycles. The van der Waals surface area contributed by atoms with Crippen molar-refractivity contribution in [1.82, 2.24) is 0 Å². The molecule has 0 fully saturated rings. The van der Waals surface area contributed by atoms with Crippen molar-refractivity contribution in [2.75, 3.05) is 4.90 Å². The molecule has 0 spiro atoms. The molecule has 1 atom stereocenters. The molecule has 0 N–H and O–H groups in total. The van der Waals surface area contributed by atoms with Crippen LogP contribution in [0.1, 0.15) is 52.1 Å². The van der Waals surface area contributed by atoms with E-state index in [0.717, 1.165) is 17.9 Å². The van der Waals surface area contributed by atoms with Gasteiger partial charge in [0.15, 0.2) is 0 Å². The van der Waals surface area contributed by atoms with E-state index in [1.807, 2.05) is 11.3 Å². The fourth-order valence-electron chi connectivity index (χ4n) is 10.4. The van der Waals surface area contributed by atoms with Gasteiger partial charge in [0.25, 0.3) is 0 Å². The first-order valence-electron chi connectivity index (χ1n) is 23.0. The van der Waals surface area contributed by atoms with Gasteiger partial charge in [-0.2, -0.15) is 0 Å². The first-order chi connectivity index (χ1) is 32.6. The summed E-state index contributed by atoms with van der Waals surface area (Å²) in [6.45, 7) is 3.05. The number of rotatable bonds is 10. The Morgan fingerprint density at radius 2 is 0.924 bits per heavy atom. The lowest BCUT2D eigenvalue weighted by molar-refractivity contribution is 0.957. The Bertz CT molecular complexity index is 3440. The maximum Gasteiger partial charge on any atom is 0.0481 e. The quantitative estimate of drug-likeness (QED) is 0.124. The molecule has 1 unspecified atom stereocenters. The minimum absolute atomic E-state index is 0.0796. The second-order valence-electron chi connectivity index (χ2n) is 17.6. The van der Waals surface area contributed by atoms with Gasteiger partial charge in [0.2, 0.25) is 0 Å². The van der Waals surface area contributed by atoms with Crippen LogP contribution in [0.5, 0.6) is 0 Å². The van der Waals surface area contributed by atoms with Crippen LogP contribution in [-0.2, 0) is 6.54 Å². The van der Waals surface area contributed by atoms with Crippen LogP contribution in [0.15, 0.2) is 243 Å². The van der Waals surface area contributed by atoms with Gasteiger partial charge in [-0.15, -0.1) is 11.3 Å². The van der Waals surface area contributed by atoms with Gasteiger partial charge in [-0.25, -0.2) is 0 Å². The number of nitrogens with zero attached hydrogens (tertiary/aromatic N) is 1. The first-order valence-corrected chi connectivity index (χ1v) is 23.9. The van der Waals surface area contributed by atoms with Gasteiger partial charge in [0, 0.05) is 49.9 Å². The summed E-state index contributed by atoms with van der Waals surface area (Å²) in [5, 5.41) is 2.67. The zero-order valence-electron chi connectivity index (χ0n) is 36.8. The Morgan fingerprint density at radius 1 is 0.409 bits per heavy atom. The fourth-order valence-corrected chi connectivity index (χ4v) is 11.6. The van der Waals surface area contributed by atoms with E-state index in [-0.39, 0.29) is 5.92 Å². The molecule has 0 bridgehead atoms. The first kappa shape index (κ1) is 39.8. The van der Waals surface area contributed by atoms with Gasteiger partial charge in [0.1, 0.15) is 0 Å². The average Bonchev–Trinajstić information content (AvgIpc) is 3.91. The largest absolute Gasteiger partial charge is 0.337 e. The molecule has 0 radical (unpaired) electrons. The third-order valence-electron chi connectivity index (χ3n) is 13.7. The fraction of sp³-hybridized carbons (Fsp3) is 0.0625. The van der Waals surface area contributed by atoms with Crippen LogP contribution in [0.25, 0.3) is 64.7 Å². The van der Waals surface area contributed by atoms with Crippen LogP contribution in [0.2, 0.25) is 0 Å². The summed E-state index contributed by atoms with van der Waals surface area (Å²) < 4.78 is 2.63. The maximum absolute atomic E-state index is 2.46. The monoisotopic (exact) mass is 861 g/mol. The molecule has 1 heterocycles. The molecule has 2 heteroatoms. The van der Waals surface area contributed by atoms with Crippen LogP contribution in [0.4, 0.5) is 11.4 Å². The lowest BCUT2D eigenvalue weighted by Gasteiger charge is -2.26. The van der Waals surface area contributed by atoms with Crippen molar-refractivity contribution >= 4 is 42.9 Å². The third-order valence-corrected chi connectivity index (χ3v) is 14.9. The lowest BCUT2D eigenvalue weighted by Crippen LogP contribution is -2.16. The highest BCUT2D eigenvalue weighted by atomic mass is 32.1. The zero-order valence-corrected chi connectivity index (χ0v) is 37.6. The summed E-state index contributed by atoms with van der Waals surface area (Å²) in [4.78, 5) is 2.45. The van der Waals surface area contributed by atoms with Crippen LogP contribution < -0.4 is 4.90 Å². The molecule has 12 rings (SSSR count). The van der Waals surface area contributed by atoms with Crippen LogP contribution in [0, 0.1) is 0 Å². The number of anilines is 2. The molecule has 1 aromatic heterocycles. The number of benzene rings is 10. The minimum atomic E-state index is 0.0796. The van der Waals surface area contributed by atoms with Gasteiger partial charge >= 0.3 is 0 Å². The van der Waals surface area contributed by atoms with Crippen LogP contribution in [0.3, 0.4) is 0 Å². The van der Waals surface area contributed by atoms with E-state index >= 15 is 0 Å². The normalized spacial score (nSPS) is 13.0. The zero-order chi connectivity index (χ0) is 44.0. The van der Waals surface area contributed by atoms with Gasteiger partial charge in [0.05, 0.1) is 0 Å². The van der Waals surface area contributed by atoms with Gasteiger partial charge in [-0.05, 0) is 126 Å². The predicted octanol–water partition coefficient (Wildman–Crippen LogP) is 17.7. The van der Waals surface area contributed by atoms with Crippen LogP contribution in [-0.4, -0.2) is 0 Å². The average molecular weight is 862 g/mol. The summed E-state index contributed by atoms with van der Waals surface area (Å²) >= 11 is 1.89. The number of thiophene rings is 1. The van der Waals surface area contributed by atoms with Crippen molar-refractivity contribution in [3.8, 4) is 44.5 Å². The number of hydrogen-bond acceptors (Lipinski definition) is 2. The van der Waals surface area contributed by atoms with E-state index < -0.39 is 0 Å². The Kier molecular flexibility index (Phi) is 10.2. The summed E-state index contributed by atoms with van der Waals surface area (Å²) in [6.07, 6.45) is 0. The minimum Gasteiger partial charge on any atom is -0.337 e. The summed E-state index contributed by atoms with van der Waals surface area (Å²) in [6, 6.07) is 89.8. The predicted molar refractivity (Wildman–Crippen MR) is 281 cm³/mol. The summed E-state index contributed by atoms with van der Waals surface area (Å²) in [7, 11) is 0. The molecule has 0 aliphatic heterocycles. The highest BCUT2D eigenvalue weighted by molar-refractivity contribution is 7.25. The molecule has 1 aliphatic carbocycles. The molecule has 1 aliphatic rings. The van der Waals surface area contributed by atoms with Crippen molar-refractivity contribution in [1.29, 1.82) is 0 Å². The molecule has 66 heavy (non-hydrogen) atoms. The molecule has 0 amide bonds. The second-order valence-corrected chi connectivity index (χ2v) is 18.7. The molecule has 1 nitrogen and oxygen atoms in total. The Hall–Kier alpha value is -7.78. The van der Waals surface area contributed by atoms with Crippen molar-refractivity contribution < 1.29 is 0 Å². The Labute approximate surface area is 391 Å². The van der Waals surface area contributed by atoms with Crippen molar-refractivity contribution in [3.63, 3.8) is 0 Å². The molecule has 11 aromatic rings. The van der Waals surface area contributed by atoms with Crippen molar-refractivity contribution in [3.05, 3.63) is 276 Å². The number of fused-ring (bicyclic) bond motifs is 6. The number of hydrogen-bond donors (Lipinski definition) is 0. The second kappa shape index (κ2) is 17.0. The Balaban J connectivity index is 0.915. The topological polar surface area (TPSA) is 3.24 Å². The molecule has 314 valence electrons. The van der Waals surface area contributed by atoms with Gasteiger partial charge in [-0.3, -0.25) is 0 Å². The summed E-state index contributed by atoms with van der Waals surface area (Å²) in [5.41, 5.74) is 20.4. The van der Waals surface area contributed by atoms with E-state index in [9.17, 15) is 0 Å². The molecular weight excluding hydrogens is 815 g/mol. The van der Waals surface area contributed by atoms with E-state index in [1.165, 1.54) is 98.1 Å². The summed E-state index contributed by atoms with van der Waals surface area (Å²) in [5.74, 6) is 0.500. The highest BCUT2D eigenvalue weighted by Gasteiger charge is 2.26. The SMILES string of the molecule is CC1c2ccccc2-c2cc(-c3ccc(CN(c4ccc(-c5ccccc5)cc4)c4ccc(-c5cc(C(c6ccccc6)c6ccccc6)c6c(c5)sc5ccccc56)cc4)cc3)ccc21. The molecular formula is C64H47NS.